The van der Waals surface area contributed by atoms with E-state index in [0.717, 1.165) is 0 Å². The lowest BCUT2D eigenvalue weighted by molar-refractivity contribution is -0.143. The van der Waals surface area contributed by atoms with Crippen molar-refractivity contribution in [3.63, 3.8) is 0 Å². The quantitative estimate of drug-likeness (QED) is 0.908. The van der Waals surface area contributed by atoms with Gasteiger partial charge in [-0.05, 0) is 30.5 Å². The highest BCUT2D eigenvalue weighted by Gasteiger charge is 2.37. The summed E-state index contributed by atoms with van der Waals surface area (Å²) in [6.07, 6.45) is 0.463. The number of aliphatic carboxylic acids is 1. The molecule has 5 nitrogen and oxygen atoms in total. The van der Waals surface area contributed by atoms with Crippen LogP contribution in [0.1, 0.15) is 13.3 Å². The Bertz CT molecular complexity index is 662. The molecule has 0 radical (unpaired) electrons. The molecule has 2 rings (SSSR count). The van der Waals surface area contributed by atoms with Gasteiger partial charge in [0.2, 0.25) is 10.0 Å². The average Bonchev–Trinajstić information content (AvgIpc) is 2.40. The highest BCUT2D eigenvalue weighted by Crippen LogP contribution is 2.31. The number of halogens is 2. The molecule has 2 unspecified atom stereocenters. The van der Waals surface area contributed by atoms with Crippen molar-refractivity contribution < 1.29 is 18.3 Å². The van der Waals surface area contributed by atoms with Crippen LogP contribution in [-0.4, -0.2) is 36.9 Å². The largest absolute Gasteiger partial charge is 0.481 e. The second-order valence-electron chi connectivity index (χ2n) is 5.27. The lowest BCUT2D eigenvalue weighted by Crippen LogP contribution is -2.45. The number of nitrogens with zero attached hydrogens (tertiary/aromatic N) is 1. The summed E-state index contributed by atoms with van der Waals surface area (Å²) in [5, 5.41) is 9.48. The van der Waals surface area contributed by atoms with E-state index in [0.29, 0.717) is 6.42 Å². The Balaban J connectivity index is 2.38. The van der Waals surface area contributed by atoms with Crippen LogP contribution in [0.25, 0.3) is 0 Å². The predicted octanol–water partition coefficient (Wildman–Crippen LogP) is 2.72. The molecule has 1 aromatic rings. The molecular weight excluding hydrogens is 337 g/mol. The van der Waals surface area contributed by atoms with Crippen LogP contribution < -0.4 is 0 Å². The Kier molecular flexibility index (Phi) is 4.82. The van der Waals surface area contributed by atoms with Crippen LogP contribution in [0, 0.1) is 11.8 Å². The summed E-state index contributed by atoms with van der Waals surface area (Å²) in [7, 11) is -3.86. The maximum Gasteiger partial charge on any atom is 0.307 e. The Hall–Kier alpha value is -0.820. The standard InChI is InChI=1S/C13H15Cl2NO4S/c1-8-4-9(13(17)18)7-16(6-8)21(19,20)12-5-10(14)2-3-11(12)15/h2-3,5,8-9H,4,6-7H2,1H3,(H,17,18). The molecule has 1 aromatic carbocycles. The summed E-state index contributed by atoms with van der Waals surface area (Å²) in [4.78, 5) is 11.1. The van der Waals surface area contributed by atoms with Crippen LogP contribution in [0.15, 0.2) is 23.1 Å². The summed E-state index contributed by atoms with van der Waals surface area (Å²) in [5.41, 5.74) is 0. The minimum absolute atomic E-state index is 0.0346. The van der Waals surface area contributed by atoms with E-state index >= 15 is 0 Å². The molecule has 21 heavy (non-hydrogen) atoms. The third kappa shape index (κ3) is 3.51. The molecule has 1 heterocycles. The van der Waals surface area contributed by atoms with Crippen LogP contribution >= 0.6 is 23.2 Å². The molecule has 0 spiro atoms. The molecule has 0 bridgehead atoms. The summed E-state index contributed by atoms with van der Waals surface area (Å²) >= 11 is 11.8. The number of hydrogen-bond donors (Lipinski definition) is 1. The predicted molar refractivity (Wildman–Crippen MR) is 80.1 cm³/mol. The van der Waals surface area contributed by atoms with Crippen molar-refractivity contribution in [1.29, 1.82) is 0 Å². The maximum atomic E-state index is 12.7. The van der Waals surface area contributed by atoms with Gasteiger partial charge in [0.15, 0.2) is 0 Å². The van der Waals surface area contributed by atoms with Crippen LogP contribution in [-0.2, 0) is 14.8 Å². The fourth-order valence-corrected chi connectivity index (χ4v) is 4.83. The van der Waals surface area contributed by atoms with Gasteiger partial charge in [0.25, 0.3) is 0 Å². The molecule has 0 aromatic heterocycles. The van der Waals surface area contributed by atoms with Gasteiger partial charge < -0.3 is 5.11 Å². The van der Waals surface area contributed by atoms with E-state index in [-0.39, 0.29) is 33.9 Å². The molecule has 8 heteroatoms. The van der Waals surface area contributed by atoms with Crippen LogP contribution in [0.2, 0.25) is 10.0 Å². The second kappa shape index (κ2) is 6.12. The highest BCUT2D eigenvalue weighted by molar-refractivity contribution is 7.89. The monoisotopic (exact) mass is 351 g/mol. The van der Waals surface area contributed by atoms with Gasteiger partial charge in [0.1, 0.15) is 4.90 Å². The molecule has 1 aliphatic rings. The van der Waals surface area contributed by atoms with Crippen molar-refractivity contribution in [3.05, 3.63) is 28.2 Å². The number of rotatable bonds is 3. The zero-order valence-corrected chi connectivity index (χ0v) is 13.6. The van der Waals surface area contributed by atoms with Gasteiger partial charge in [-0.15, -0.1) is 0 Å². The van der Waals surface area contributed by atoms with E-state index in [1.807, 2.05) is 6.92 Å². The fraction of sp³-hybridized carbons (Fsp3) is 0.462. The minimum Gasteiger partial charge on any atom is -0.481 e. The first-order chi connectivity index (χ1) is 9.71. The number of hydrogen-bond acceptors (Lipinski definition) is 3. The SMILES string of the molecule is CC1CC(C(=O)O)CN(S(=O)(=O)c2cc(Cl)ccc2Cl)C1. The first-order valence-electron chi connectivity index (χ1n) is 6.40. The Labute approximate surface area is 133 Å². The molecule has 0 saturated carbocycles. The topological polar surface area (TPSA) is 74.7 Å². The summed E-state index contributed by atoms with van der Waals surface area (Å²) in [6, 6.07) is 4.20. The number of carbonyl (C=O) groups is 1. The maximum absolute atomic E-state index is 12.7. The fourth-order valence-electron chi connectivity index (χ4n) is 2.49. The van der Waals surface area contributed by atoms with Gasteiger partial charge in [0.05, 0.1) is 10.9 Å². The number of piperidine rings is 1. The number of sulfonamides is 1. The highest BCUT2D eigenvalue weighted by atomic mass is 35.5. The average molecular weight is 352 g/mol. The normalized spacial score (nSPS) is 24.0. The molecule has 0 aliphatic carbocycles. The third-order valence-electron chi connectivity index (χ3n) is 3.49. The molecule has 1 aliphatic heterocycles. The van der Waals surface area contributed by atoms with E-state index in [4.69, 9.17) is 28.3 Å². The molecule has 116 valence electrons. The van der Waals surface area contributed by atoms with Crippen molar-refractivity contribution in [2.45, 2.75) is 18.2 Å². The van der Waals surface area contributed by atoms with Crippen molar-refractivity contribution >= 4 is 39.2 Å². The van der Waals surface area contributed by atoms with Crippen molar-refractivity contribution in [3.8, 4) is 0 Å². The zero-order chi connectivity index (χ0) is 15.8. The molecule has 0 amide bonds. The number of carboxylic acid groups (broad SMARTS) is 1. The van der Waals surface area contributed by atoms with E-state index in [9.17, 15) is 13.2 Å². The van der Waals surface area contributed by atoms with Crippen molar-refractivity contribution in [2.24, 2.45) is 11.8 Å². The smallest absolute Gasteiger partial charge is 0.307 e. The number of benzene rings is 1. The molecule has 1 fully saturated rings. The molecule has 2 atom stereocenters. The van der Waals surface area contributed by atoms with E-state index < -0.39 is 21.9 Å². The Morgan fingerprint density at radius 1 is 1.33 bits per heavy atom. The van der Waals surface area contributed by atoms with Crippen LogP contribution in [0.3, 0.4) is 0 Å². The number of carboxylic acids is 1. The van der Waals surface area contributed by atoms with E-state index in [1.54, 1.807) is 0 Å². The first-order valence-corrected chi connectivity index (χ1v) is 8.59. The second-order valence-corrected chi connectivity index (χ2v) is 8.02. The molecular formula is C13H15Cl2NO4S. The molecule has 1 saturated heterocycles. The van der Waals surface area contributed by atoms with Gasteiger partial charge in [-0.3, -0.25) is 4.79 Å². The lowest BCUT2D eigenvalue weighted by Gasteiger charge is -2.33. The van der Waals surface area contributed by atoms with Gasteiger partial charge >= 0.3 is 5.97 Å². The van der Waals surface area contributed by atoms with Crippen LogP contribution in [0.4, 0.5) is 0 Å². The summed E-state index contributed by atoms with van der Waals surface area (Å²) < 4.78 is 26.5. The Morgan fingerprint density at radius 3 is 2.62 bits per heavy atom. The Morgan fingerprint density at radius 2 is 2.00 bits per heavy atom. The zero-order valence-electron chi connectivity index (χ0n) is 11.3. The van der Waals surface area contributed by atoms with Crippen LogP contribution in [0.5, 0.6) is 0 Å². The van der Waals surface area contributed by atoms with Gasteiger partial charge in [0, 0.05) is 18.1 Å². The van der Waals surface area contributed by atoms with E-state index in [2.05, 4.69) is 0 Å². The van der Waals surface area contributed by atoms with Gasteiger partial charge in [-0.25, -0.2) is 8.42 Å². The summed E-state index contributed by atoms with van der Waals surface area (Å²) in [5.74, 6) is -1.73. The van der Waals surface area contributed by atoms with E-state index in [1.165, 1.54) is 22.5 Å². The minimum atomic E-state index is -3.86. The summed E-state index contributed by atoms with van der Waals surface area (Å²) in [6.45, 7) is 2.05. The van der Waals surface area contributed by atoms with Crippen molar-refractivity contribution in [1.82, 2.24) is 4.31 Å². The van der Waals surface area contributed by atoms with Gasteiger partial charge in [-0.1, -0.05) is 30.1 Å². The lowest BCUT2D eigenvalue weighted by atomic mass is 9.92. The van der Waals surface area contributed by atoms with Crippen molar-refractivity contribution in [2.75, 3.05) is 13.1 Å². The van der Waals surface area contributed by atoms with Gasteiger partial charge in [-0.2, -0.15) is 4.31 Å². The molecule has 1 N–H and O–H groups in total. The first kappa shape index (κ1) is 16.5. The third-order valence-corrected chi connectivity index (χ3v) is 6.03.